The molecule has 116 valence electrons. The van der Waals surface area contributed by atoms with Crippen molar-refractivity contribution in [2.24, 2.45) is 5.41 Å². The fourth-order valence-electron chi connectivity index (χ4n) is 2.89. The molecule has 0 unspecified atom stereocenters. The molecule has 21 heavy (non-hydrogen) atoms. The van der Waals surface area contributed by atoms with Gasteiger partial charge < -0.3 is 14.7 Å². The number of carboxylic acids is 1. The Morgan fingerprint density at radius 3 is 2.52 bits per heavy atom. The van der Waals surface area contributed by atoms with Crippen LogP contribution in [0, 0.1) is 5.41 Å². The van der Waals surface area contributed by atoms with Crippen LogP contribution in [0.4, 0.5) is 0 Å². The van der Waals surface area contributed by atoms with E-state index in [0.717, 1.165) is 17.8 Å². The number of carbonyl (C=O) groups is 2. The third-order valence-electron chi connectivity index (χ3n) is 4.31. The zero-order chi connectivity index (χ0) is 15.8. The Kier molecular flexibility index (Phi) is 4.39. The van der Waals surface area contributed by atoms with E-state index in [0.29, 0.717) is 11.5 Å². The Labute approximate surface area is 128 Å². The Morgan fingerprint density at radius 2 is 2.05 bits per heavy atom. The second-order valence-corrected chi connectivity index (χ2v) is 6.99. The summed E-state index contributed by atoms with van der Waals surface area (Å²) in [7, 11) is 1.77. The second kappa shape index (κ2) is 5.77. The van der Waals surface area contributed by atoms with E-state index in [-0.39, 0.29) is 28.3 Å². The van der Waals surface area contributed by atoms with Gasteiger partial charge in [0.1, 0.15) is 4.88 Å². The molecule has 0 spiro atoms. The van der Waals surface area contributed by atoms with Crippen LogP contribution < -0.4 is 0 Å². The van der Waals surface area contributed by atoms with Crippen LogP contribution in [-0.2, 0) is 4.74 Å². The van der Waals surface area contributed by atoms with Crippen LogP contribution >= 0.6 is 11.3 Å². The van der Waals surface area contributed by atoms with E-state index in [1.807, 2.05) is 6.92 Å². The van der Waals surface area contributed by atoms with Crippen LogP contribution in [0.1, 0.15) is 46.5 Å². The standard InChI is InChI=1S/C15H21NO4S/c1-5-20-12-8-11(15(12,2)3)16(4)13(17)9-6-7-10(21-9)14(18)19/h6-7,11-12H,5,8H2,1-4H3,(H,18,19)/t11-,12+/m0/s1. The van der Waals surface area contributed by atoms with Gasteiger partial charge in [-0.15, -0.1) is 11.3 Å². The minimum absolute atomic E-state index is 0.0900. The number of amides is 1. The number of aromatic carboxylic acids is 1. The molecule has 1 aliphatic carbocycles. The lowest BCUT2D eigenvalue weighted by atomic mass is 9.64. The van der Waals surface area contributed by atoms with E-state index in [9.17, 15) is 9.59 Å². The van der Waals surface area contributed by atoms with Crippen LogP contribution in [-0.4, -0.2) is 47.7 Å². The van der Waals surface area contributed by atoms with E-state index in [1.165, 1.54) is 6.07 Å². The predicted octanol–water partition coefficient (Wildman–Crippen LogP) is 2.72. The van der Waals surface area contributed by atoms with E-state index >= 15 is 0 Å². The maximum atomic E-state index is 12.5. The van der Waals surface area contributed by atoms with Gasteiger partial charge in [0, 0.05) is 25.1 Å². The normalized spacial score (nSPS) is 23.4. The number of hydrogen-bond acceptors (Lipinski definition) is 4. The van der Waals surface area contributed by atoms with Crippen molar-refractivity contribution < 1.29 is 19.4 Å². The van der Waals surface area contributed by atoms with Gasteiger partial charge in [-0.2, -0.15) is 0 Å². The minimum atomic E-state index is -0.998. The first-order chi connectivity index (χ1) is 9.78. The summed E-state index contributed by atoms with van der Waals surface area (Å²) in [6.07, 6.45) is 0.987. The monoisotopic (exact) mass is 311 g/mol. The number of rotatable bonds is 5. The molecule has 0 aromatic carbocycles. The van der Waals surface area contributed by atoms with Crippen molar-refractivity contribution in [1.29, 1.82) is 0 Å². The lowest BCUT2D eigenvalue weighted by Crippen LogP contribution is -2.62. The molecule has 2 rings (SSSR count). The summed E-state index contributed by atoms with van der Waals surface area (Å²) in [5.74, 6) is -1.12. The van der Waals surface area contributed by atoms with Gasteiger partial charge in [-0.05, 0) is 25.5 Å². The van der Waals surface area contributed by atoms with Gasteiger partial charge in [-0.3, -0.25) is 4.79 Å². The maximum absolute atomic E-state index is 12.5. The van der Waals surface area contributed by atoms with Crippen LogP contribution in [0.5, 0.6) is 0 Å². The summed E-state index contributed by atoms with van der Waals surface area (Å²) in [5.41, 5.74) is -0.0900. The molecule has 1 aliphatic rings. The highest BCUT2D eigenvalue weighted by atomic mass is 32.1. The van der Waals surface area contributed by atoms with Gasteiger partial charge in [0.05, 0.1) is 11.0 Å². The molecule has 0 saturated heterocycles. The Hall–Kier alpha value is -1.40. The van der Waals surface area contributed by atoms with Crippen LogP contribution in [0.2, 0.25) is 0 Å². The molecule has 2 atom stereocenters. The van der Waals surface area contributed by atoms with Crippen LogP contribution in [0.15, 0.2) is 12.1 Å². The largest absolute Gasteiger partial charge is 0.477 e. The molecule has 0 bridgehead atoms. The molecule has 1 aromatic heterocycles. The average molecular weight is 311 g/mol. The molecule has 5 nitrogen and oxygen atoms in total. The van der Waals surface area contributed by atoms with Crippen LogP contribution in [0.25, 0.3) is 0 Å². The lowest BCUT2D eigenvalue weighted by molar-refractivity contribution is -0.136. The highest BCUT2D eigenvalue weighted by molar-refractivity contribution is 7.15. The second-order valence-electron chi connectivity index (χ2n) is 5.90. The molecule has 1 aromatic rings. The average Bonchev–Trinajstić information content (AvgIpc) is 2.91. The summed E-state index contributed by atoms with van der Waals surface area (Å²) in [4.78, 5) is 25.7. The minimum Gasteiger partial charge on any atom is -0.477 e. The van der Waals surface area contributed by atoms with E-state index in [4.69, 9.17) is 9.84 Å². The van der Waals surface area contributed by atoms with Crippen molar-refractivity contribution in [1.82, 2.24) is 4.90 Å². The van der Waals surface area contributed by atoms with Crippen molar-refractivity contribution in [3.8, 4) is 0 Å². The Morgan fingerprint density at radius 1 is 1.43 bits per heavy atom. The van der Waals surface area contributed by atoms with E-state index < -0.39 is 5.97 Å². The van der Waals surface area contributed by atoms with Crippen molar-refractivity contribution in [3.05, 3.63) is 21.9 Å². The van der Waals surface area contributed by atoms with Gasteiger partial charge in [0.2, 0.25) is 0 Å². The molecular formula is C15H21NO4S. The number of thiophene rings is 1. The van der Waals surface area contributed by atoms with E-state index in [2.05, 4.69) is 13.8 Å². The molecule has 1 N–H and O–H groups in total. The third-order valence-corrected chi connectivity index (χ3v) is 5.37. The first-order valence-electron chi connectivity index (χ1n) is 7.01. The fourth-order valence-corrected chi connectivity index (χ4v) is 3.72. The topological polar surface area (TPSA) is 66.8 Å². The fraction of sp³-hybridized carbons (Fsp3) is 0.600. The quantitative estimate of drug-likeness (QED) is 0.908. The first kappa shape index (κ1) is 16.0. The van der Waals surface area contributed by atoms with Gasteiger partial charge in [0.15, 0.2) is 0 Å². The van der Waals surface area contributed by atoms with Gasteiger partial charge >= 0.3 is 5.97 Å². The molecule has 6 heteroatoms. The van der Waals surface area contributed by atoms with Crippen molar-refractivity contribution in [3.63, 3.8) is 0 Å². The number of nitrogens with zero attached hydrogens (tertiary/aromatic N) is 1. The molecule has 0 radical (unpaired) electrons. The lowest BCUT2D eigenvalue weighted by Gasteiger charge is -2.54. The number of ether oxygens (including phenoxy) is 1. The van der Waals surface area contributed by atoms with Crippen molar-refractivity contribution >= 4 is 23.2 Å². The SMILES string of the molecule is CCO[C@@H]1C[C@H](N(C)C(=O)c2ccc(C(=O)O)s2)C1(C)C. The summed E-state index contributed by atoms with van der Waals surface area (Å²) in [6.45, 7) is 6.84. The third kappa shape index (κ3) is 2.82. The smallest absolute Gasteiger partial charge is 0.345 e. The van der Waals surface area contributed by atoms with Crippen molar-refractivity contribution in [2.75, 3.05) is 13.7 Å². The molecule has 1 amide bonds. The molecular weight excluding hydrogens is 290 g/mol. The number of hydrogen-bond donors (Lipinski definition) is 1. The predicted molar refractivity (Wildman–Crippen MR) is 81.0 cm³/mol. The summed E-state index contributed by atoms with van der Waals surface area (Å²) in [5, 5.41) is 8.93. The van der Waals surface area contributed by atoms with Gasteiger partial charge in [-0.1, -0.05) is 13.8 Å². The number of carbonyl (C=O) groups excluding carboxylic acids is 1. The zero-order valence-electron chi connectivity index (χ0n) is 12.8. The van der Waals surface area contributed by atoms with Crippen molar-refractivity contribution in [2.45, 2.75) is 39.3 Å². The summed E-state index contributed by atoms with van der Waals surface area (Å²) in [6, 6.07) is 3.17. The summed E-state index contributed by atoms with van der Waals surface area (Å²) < 4.78 is 5.68. The highest BCUT2D eigenvalue weighted by Crippen LogP contribution is 2.45. The molecule has 1 saturated carbocycles. The van der Waals surface area contributed by atoms with Crippen LogP contribution in [0.3, 0.4) is 0 Å². The van der Waals surface area contributed by atoms with E-state index in [1.54, 1.807) is 18.0 Å². The first-order valence-corrected chi connectivity index (χ1v) is 7.82. The Balaban J connectivity index is 2.08. The van der Waals surface area contributed by atoms with Gasteiger partial charge in [0.25, 0.3) is 5.91 Å². The maximum Gasteiger partial charge on any atom is 0.345 e. The molecule has 1 heterocycles. The highest BCUT2D eigenvalue weighted by Gasteiger charge is 2.51. The zero-order valence-corrected chi connectivity index (χ0v) is 13.6. The Bertz CT molecular complexity index is 552. The summed E-state index contributed by atoms with van der Waals surface area (Å²) >= 11 is 1.02. The number of carboxylic acid groups (broad SMARTS) is 1. The van der Waals surface area contributed by atoms with Gasteiger partial charge in [-0.25, -0.2) is 4.79 Å². The molecule has 0 aliphatic heterocycles. The molecule has 1 fully saturated rings.